The van der Waals surface area contributed by atoms with Gasteiger partial charge in [-0.05, 0) is 48.8 Å². The molecular weight excluding hydrogens is 338 g/mol. The van der Waals surface area contributed by atoms with Gasteiger partial charge in [0.15, 0.2) is 20.0 Å². The topological polar surface area (TPSA) is 21.3 Å². The normalized spacial score (nSPS) is 14.2. The molecule has 24 heavy (non-hydrogen) atoms. The van der Waals surface area contributed by atoms with E-state index >= 15 is 0 Å². The largest absolute Gasteiger partial charge is 0.417 e. The lowest BCUT2D eigenvalue weighted by Gasteiger charge is -2.36. The van der Waals surface area contributed by atoms with E-state index in [4.69, 9.17) is 4.43 Å². The quantitative estimate of drug-likeness (QED) is 0.385. The van der Waals surface area contributed by atoms with Crippen molar-refractivity contribution in [3.05, 3.63) is 35.4 Å². The van der Waals surface area contributed by atoms with Crippen molar-refractivity contribution in [3.8, 4) is 0 Å². The molecule has 1 atom stereocenters. The van der Waals surface area contributed by atoms with Gasteiger partial charge in [-0.1, -0.05) is 26.8 Å². The molecule has 0 spiro atoms. The van der Waals surface area contributed by atoms with Gasteiger partial charge >= 0.3 is 0 Å². The maximum Gasteiger partial charge on any atom is 0.257 e. The molecule has 0 aliphatic heterocycles. The van der Waals surface area contributed by atoms with E-state index in [1.807, 2.05) is 0 Å². The Balaban J connectivity index is 2.52. The van der Waals surface area contributed by atoms with E-state index in [2.05, 4.69) is 39.2 Å². The van der Waals surface area contributed by atoms with Crippen LogP contribution in [0.4, 0.5) is 17.6 Å². The summed E-state index contributed by atoms with van der Waals surface area (Å²) in [4.78, 5) is 0. The maximum absolute atomic E-state index is 13.2. The smallest absolute Gasteiger partial charge is 0.257 e. The van der Waals surface area contributed by atoms with Gasteiger partial charge in [0.25, 0.3) is 6.43 Å². The zero-order chi connectivity index (χ0) is 18.5. The van der Waals surface area contributed by atoms with Crippen molar-refractivity contribution in [2.75, 3.05) is 13.2 Å². The molecule has 0 heterocycles. The number of halogens is 4. The Labute approximate surface area is 142 Å². The minimum atomic E-state index is -2.71. The highest BCUT2D eigenvalue weighted by Gasteiger charge is 2.36. The van der Waals surface area contributed by atoms with Crippen molar-refractivity contribution in [1.82, 2.24) is 5.32 Å². The summed E-state index contributed by atoms with van der Waals surface area (Å²) in [5.74, 6) is -2.17. The van der Waals surface area contributed by atoms with Crippen LogP contribution in [0.5, 0.6) is 0 Å². The van der Waals surface area contributed by atoms with Gasteiger partial charge in [0, 0.05) is 6.61 Å². The van der Waals surface area contributed by atoms with E-state index in [1.165, 1.54) is 6.07 Å². The van der Waals surface area contributed by atoms with Gasteiger partial charge in [-0.3, -0.25) is 0 Å². The van der Waals surface area contributed by atoms with Gasteiger partial charge in [0.2, 0.25) is 0 Å². The van der Waals surface area contributed by atoms with Crippen LogP contribution in [0.25, 0.3) is 0 Å². The molecule has 0 saturated carbocycles. The second kappa shape index (κ2) is 8.45. The summed E-state index contributed by atoms with van der Waals surface area (Å²) in [7, 11) is -1.85. The average Bonchev–Trinajstić information content (AvgIpc) is 2.44. The summed E-state index contributed by atoms with van der Waals surface area (Å²) in [6.07, 6.45) is -2.14. The number of hydrogen-bond donors (Lipinski definition) is 1. The third kappa shape index (κ3) is 5.86. The second-order valence-electron chi connectivity index (χ2n) is 7.40. The molecule has 1 aromatic carbocycles. The van der Waals surface area contributed by atoms with Crippen LogP contribution >= 0.6 is 0 Å². The average molecular weight is 365 g/mol. The van der Waals surface area contributed by atoms with Crippen LogP contribution < -0.4 is 5.32 Å². The Morgan fingerprint density at radius 1 is 1.12 bits per heavy atom. The fourth-order valence-electron chi connectivity index (χ4n) is 1.93. The van der Waals surface area contributed by atoms with Gasteiger partial charge < -0.3 is 9.74 Å². The Morgan fingerprint density at radius 3 is 2.25 bits per heavy atom. The fourth-order valence-corrected chi connectivity index (χ4v) is 3.02. The zero-order valence-corrected chi connectivity index (χ0v) is 15.9. The van der Waals surface area contributed by atoms with Crippen LogP contribution in [0.3, 0.4) is 0 Å². The first kappa shape index (κ1) is 21.1. The summed E-state index contributed by atoms with van der Waals surface area (Å²) in [6.45, 7) is 11.4. The monoisotopic (exact) mass is 365 g/mol. The van der Waals surface area contributed by atoms with Crippen molar-refractivity contribution >= 4 is 8.32 Å². The van der Waals surface area contributed by atoms with E-state index in [-0.39, 0.29) is 10.6 Å². The van der Waals surface area contributed by atoms with E-state index in [9.17, 15) is 17.6 Å². The van der Waals surface area contributed by atoms with E-state index < -0.39 is 32.4 Å². The molecule has 1 rings (SSSR count). The molecule has 1 unspecified atom stereocenters. The summed E-state index contributed by atoms with van der Waals surface area (Å²) < 4.78 is 58.5. The van der Waals surface area contributed by atoms with Crippen molar-refractivity contribution in [2.45, 2.75) is 57.8 Å². The van der Waals surface area contributed by atoms with Crippen LogP contribution in [0.2, 0.25) is 18.1 Å². The number of benzene rings is 1. The molecule has 0 aliphatic carbocycles. The van der Waals surface area contributed by atoms with Crippen LogP contribution in [0.15, 0.2) is 18.2 Å². The Kier molecular flexibility index (Phi) is 7.43. The van der Waals surface area contributed by atoms with Gasteiger partial charge in [0.05, 0.1) is 6.04 Å². The van der Waals surface area contributed by atoms with Crippen LogP contribution in [0, 0.1) is 11.6 Å². The predicted molar refractivity (Wildman–Crippen MR) is 90.9 cm³/mol. The molecule has 0 saturated heterocycles. The minimum absolute atomic E-state index is 0.0363. The molecule has 2 nitrogen and oxygen atoms in total. The SMILES string of the molecule is CC(C)(C)[Si](C)(C)OCCCNC(c1ccc(F)c(F)c1)C(F)F. The minimum Gasteiger partial charge on any atom is -0.417 e. The zero-order valence-electron chi connectivity index (χ0n) is 14.9. The first-order valence-corrected chi connectivity index (χ1v) is 11.0. The molecule has 0 amide bonds. The molecule has 0 aliphatic rings. The number of nitrogens with one attached hydrogen (secondary N) is 1. The molecule has 1 N–H and O–H groups in total. The molecule has 0 bridgehead atoms. The molecule has 1 aromatic rings. The first-order chi connectivity index (χ1) is 11.0. The standard InChI is InChI=1S/C17H27F4NOSi/c1-17(2,3)24(4,5)23-10-6-9-22-15(16(20)21)12-7-8-13(18)14(19)11-12/h7-8,11,15-16,22H,6,9-10H2,1-5H3. The molecule has 0 fully saturated rings. The van der Waals surface area contributed by atoms with Gasteiger partial charge in [-0.2, -0.15) is 0 Å². The number of alkyl halides is 2. The van der Waals surface area contributed by atoms with E-state index in [0.717, 1.165) is 12.1 Å². The Bertz CT molecular complexity index is 532. The lowest BCUT2D eigenvalue weighted by molar-refractivity contribution is 0.0972. The van der Waals surface area contributed by atoms with Crippen molar-refractivity contribution in [2.24, 2.45) is 0 Å². The van der Waals surface area contributed by atoms with Crippen LogP contribution in [-0.2, 0) is 4.43 Å². The van der Waals surface area contributed by atoms with Gasteiger partial charge in [-0.15, -0.1) is 0 Å². The van der Waals surface area contributed by atoms with Crippen molar-refractivity contribution in [1.29, 1.82) is 0 Å². The molecule has 0 radical (unpaired) electrons. The molecule has 0 aromatic heterocycles. The highest BCUT2D eigenvalue weighted by Crippen LogP contribution is 2.36. The molecular formula is C17H27F4NOSi. The predicted octanol–water partition coefficient (Wildman–Crippen LogP) is 5.27. The first-order valence-electron chi connectivity index (χ1n) is 8.06. The Hall–Kier alpha value is -0.923. The number of hydrogen-bond acceptors (Lipinski definition) is 2. The third-order valence-electron chi connectivity index (χ3n) is 4.51. The lowest BCUT2D eigenvalue weighted by Crippen LogP contribution is -2.41. The van der Waals surface area contributed by atoms with Gasteiger partial charge in [-0.25, -0.2) is 17.6 Å². The van der Waals surface area contributed by atoms with E-state index in [1.54, 1.807) is 0 Å². The lowest BCUT2D eigenvalue weighted by atomic mass is 10.1. The van der Waals surface area contributed by atoms with Crippen LogP contribution in [0.1, 0.15) is 38.8 Å². The highest BCUT2D eigenvalue weighted by atomic mass is 28.4. The fraction of sp³-hybridized carbons (Fsp3) is 0.647. The summed E-state index contributed by atoms with van der Waals surface area (Å²) in [5.41, 5.74) is 0.0363. The third-order valence-corrected chi connectivity index (χ3v) is 9.05. The van der Waals surface area contributed by atoms with Gasteiger partial charge in [0.1, 0.15) is 0 Å². The second-order valence-corrected chi connectivity index (χ2v) is 12.2. The maximum atomic E-state index is 13.2. The van der Waals surface area contributed by atoms with Crippen molar-refractivity contribution < 1.29 is 22.0 Å². The summed E-state index contributed by atoms with van der Waals surface area (Å²) in [6, 6.07) is 1.52. The van der Waals surface area contributed by atoms with E-state index in [0.29, 0.717) is 19.6 Å². The highest BCUT2D eigenvalue weighted by molar-refractivity contribution is 6.74. The van der Waals surface area contributed by atoms with Crippen LogP contribution in [-0.4, -0.2) is 27.9 Å². The summed E-state index contributed by atoms with van der Waals surface area (Å²) in [5, 5.41) is 2.80. The Morgan fingerprint density at radius 2 is 1.75 bits per heavy atom. The number of rotatable bonds is 8. The summed E-state index contributed by atoms with van der Waals surface area (Å²) >= 11 is 0. The molecule has 7 heteroatoms. The van der Waals surface area contributed by atoms with Crippen molar-refractivity contribution in [3.63, 3.8) is 0 Å². The molecule has 138 valence electrons.